The van der Waals surface area contributed by atoms with Gasteiger partial charge in [-0.15, -0.1) is 0 Å². The lowest BCUT2D eigenvalue weighted by molar-refractivity contribution is 0.875. The predicted octanol–water partition coefficient (Wildman–Crippen LogP) is 0.958. The Morgan fingerprint density at radius 3 is 3.25 bits per heavy atom. The number of hydrogen-bond donors (Lipinski definition) is 2. The molecule has 0 aliphatic carbocycles. The van der Waals surface area contributed by atoms with Crippen LogP contribution in [0.1, 0.15) is 0 Å². The summed E-state index contributed by atoms with van der Waals surface area (Å²) in [4.78, 5) is 0. The van der Waals surface area contributed by atoms with Gasteiger partial charge in [-0.1, -0.05) is 12.2 Å². The first-order valence-corrected chi connectivity index (χ1v) is 3.16. The van der Waals surface area contributed by atoms with Crippen LogP contribution >= 0.6 is 12.6 Å². The van der Waals surface area contributed by atoms with E-state index in [0.29, 0.717) is 5.25 Å². The molecule has 0 aromatic heterocycles. The summed E-state index contributed by atoms with van der Waals surface area (Å²) in [6, 6.07) is 0. The monoisotopic (exact) mass is 127 g/mol. The minimum atomic E-state index is 0.366. The quantitative estimate of drug-likeness (QED) is 0.462. The van der Waals surface area contributed by atoms with Gasteiger partial charge < -0.3 is 5.32 Å². The van der Waals surface area contributed by atoms with Gasteiger partial charge in [-0.25, -0.2) is 0 Å². The molecular weight excluding hydrogens is 118 g/mol. The van der Waals surface area contributed by atoms with Gasteiger partial charge in [-0.3, -0.25) is 0 Å². The molecule has 1 unspecified atom stereocenters. The van der Waals surface area contributed by atoms with E-state index in [4.69, 9.17) is 0 Å². The average Bonchev–Trinajstić information content (AvgIpc) is 1.94. The Bertz CT molecular complexity index is 118. The smallest absolute Gasteiger partial charge is 0.0372 e. The van der Waals surface area contributed by atoms with E-state index >= 15 is 0 Å². The van der Waals surface area contributed by atoms with E-state index in [9.17, 15) is 0 Å². The highest BCUT2D eigenvalue weighted by Gasteiger charge is 1.94. The van der Waals surface area contributed by atoms with Crippen LogP contribution in [0.3, 0.4) is 0 Å². The molecule has 0 spiro atoms. The molecule has 0 aromatic rings. The summed E-state index contributed by atoms with van der Waals surface area (Å²) in [5, 5.41) is 3.44. The molecule has 2 heteroatoms. The molecule has 0 aromatic carbocycles. The molecule has 1 heterocycles. The lowest BCUT2D eigenvalue weighted by Gasteiger charge is -2.00. The van der Waals surface area contributed by atoms with E-state index in [-0.39, 0.29) is 0 Å². The van der Waals surface area contributed by atoms with Crippen LogP contribution in [0.25, 0.3) is 0 Å². The first kappa shape index (κ1) is 5.76. The summed E-state index contributed by atoms with van der Waals surface area (Å²) in [7, 11) is 0. The molecule has 0 amide bonds. The van der Waals surface area contributed by atoms with Crippen molar-refractivity contribution in [1.82, 2.24) is 5.32 Å². The largest absolute Gasteiger partial charge is 0.389 e. The molecule has 1 aliphatic rings. The number of rotatable bonds is 0. The zero-order chi connectivity index (χ0) is 5.82. The normalized spacial score (nSPS) is 26.9. The Morgan fingerprint density at radius 2 is 2.38 bits per heavy atom. The predicted molar refractivity (Wildman–Crippen MR) is 39.1 cm³/mol. The summed E-state index contributed by atoms with van der Waals surface area (Å²) in [6.07, 6.45) is 7.94. The van der Waals surface area contributed by atoms with Gasteiger partial charge in [0.1, 0.15) is 0 Å². The molecule has 8 heavy (non-hydrogen) atoms. The van der Waals surface area contributed by atoms with E-state index in [0.717, 1.165) is 6.54 Å². The average molecular weight is 127 g/mol. The van der Waals surface area contributed by atoms with Crippen molar-refractivity contribution in [2.24, 2.45) is 0 Å². The standard InChI is InChI=1S/C6H9NS/c8-6-3-1-2-4-7-5-6/h1-4,6-8H,5H2. The van der Waals surface area contributed by atoms with Crippen molar-refractivity contribution in [2.75, 3.05) is 6.54 Å². The van der Waals surface area contributed by atoms with Crippen molar-refractivity contribution in [3.05, 3.63) is 24.4 Å². The molecule has 0 saturated heterocycles. The highest BCUT2D eigenvalue weighted by Crippen LogP contribution is 1.97. The number of thiol groups is 1. The lowest BCUT2D eigenvalue weighted by Crippen LogP contribution is -2.14. The lowest BCUT2D eigenvalue weighted by atomic mass is 10.4. The van der Waals surface area contributed by atoms with Gasteiger partial charge in [-0.2, -0.15) is 12.6 Å². The maximum Gasteiger partial charge on any atom is 0.0372 e. The molecule has 1 nitrogen and oxygen atoms in total. The molecule has 0 fully saturated rings. The Morgan fingerprint density at radius 1 is 1.50 bits per heavy atom. The SMILES string of the molecule is SC1C=CC=CNC1. The molecule has 1 N–H and O–H groups in total. The molecule has 0 radical (unpaired) electrons. The molecule has 1 atom stereocenters. The molecule has 0 bridgehead atoms. The van der Waals surface area contributed by atoms with E-state index in [1.54, 1.807) is 0 Å². The molecule has 0 saturated carbocycles. The summed E-state index contributed by atoms with van der Waals surface area (Å²) < 4.78 is 0. The highest BCUT2D eigenvalue weighted by molar-refractivity contribution is 7.81. The minimum Gasteiger partial charge on any atom is -0.389 e. The third-order valence-electron chi connectivity index (χ3n) is 0.985. The van der Waals surface area contributed by atoms with Crippen LogP contribution < -0.4 is 5.32 Å². The van der Waals surface area contributed by atoms with Crippen LogP contribution in [0.5, 0.6) is 0 Å². The number of allylic oxidation sites excluding steroid dienone is 2. The third kappa shape index (κ3) is 1.62. The minimum absolute atomic E-state index is 0.366. The van der Waals surface area contributed by atoms with E-state index in [1.165, 1.54) is 0 Å². The molecular formula is C6H9NS. The fourth-order valence-electron chi connectivity index (χ4n) is 0.573. The van der Waals surface area contributed by atoms with Crippen molar-refractivity contribution in [3.8, 4) is 0 Å². The van der Waals surface area contributed by atoms with Crippen LogP contribution in [0, 0.1) is 0 Å². The van der Waals surface area contributed by atoms with Crippen LogP contribution in [0.4, 0.5) is 0 Å². The zero-order valence-corrected chi connectivity index (χ0v) is 5.44. The molecule has 44 valence electrons. The Hall–Kier alpha value is -0.370. The molecule has 1 rings (SSSR count). The first-order valence-electron chi connectivity index (χ1n) is 2.64. The summed E-state index contributed by atoms with van der Waals surface area (Å²) in [6.45, 7) is 0.927. The van der Waals surface area contributed by atoms with Gasteiger partial charge in [-0.05, 0) is 12.3 Å². The maximum absolute atomic E-state index is 4.24. The second-order valence-corrected chi connectivity index (χ2v) is 2.38. The fraction of sp³-hybridized carbons (Fsp3) is 0.333. The zero-order valence-electron chi connectivity index (χ0n) is 4.54. The van der Waals surface area contributed by atoms with Crippen LogP contribution in [-0.4, -0.2) is 11.8 Å². The van der Waals surface area contributed by atoms with Crippen molar-refractivity contribution in [3.63, 3.8) is 0 Å². The second-order valence-electron chi connectivity index (χ2n) is 1.72. The summed E-state index contributed by atoms with van der Waals surface area (Å²) in [5.41, 5.74) is 0. The summed E-state index contributed by atoms with van der Waals surface area (Å²) in [5.74, 6) is 0. The first-order chi connectivity index (χ1) is 3.89. The van der Waals surface area contributed by atoms with Gasteiger partial charge in [0.25, 0.3) is 0 Å². The third-order valence-corrected chi connectivity index (χ3v) is 1.34. The Labute approximate surface area is 54.9 Å². The van der Waals surface area contributed by atoms with Crippen LogP contribution in [0.15, 0.2) is 24.4 Å². The fourth-order valence-corrected chi connectivity index (χ4v) is 0.778. The Kier molecular flexibility index (Phi) is 2.03. The van der Waals surface area contributed by atoms with Gasteiger partial charge in [0.2, 0.25) is 0 Å². The van der Waals surface area contributed by atoms with Crippen molar-refractivity contribution in [2.45, 2.75) is 5.25 Å². The van der Waals surface area contributed by atoms with Gasteiger partial charge in [0, 0.05) is 11.8 Å². The molecule has 1 aliphatic heterocycles. The number of hydrogen-bond acceptors (Lipinski definition) is 2. The van der Waals surface area contributed by atoms with Gasteiger partial charge in [0.05, 0.1) is 0 Å². The van der Waals surface area contributed by atoms with Crippen molar-refractivity contribution < 1.29 is 0 Å². The van der Waals surface area contributed by atoms with Crippen molar-refractivity contribution >= 4 is 12.6 Å². The van der Waals surface area contributed by atoms with E-state index < -0.39 is 0 Å². The summed E-state index contributed by atoms with van der Waals surface area (Å²) >= 11 is 4.24. The highest BCUT2D eigenvalue weighted by atomic mass is 32.1. The van der Waals surface area contributed by atoms with Gasteiger partial charge >= 0.3 is 0 Å². The van der Waals surface area contributed by atoms with Gasteiger partial charge in [0.15, 0.2) is 0 Å². The van der Waals surface area contributed by atoms with Crippen molar-refractivity contribution in [1.29, 1.82) is 0 Å². The maximum atomic E-state index is 4.24. The number of nitrogens with one attached hydrogen (secondary N) is 1. The van der Waals surface area contributed by atoms with Crippen LogP contribution in [-0.2, 0) is 0 Å². The second kappa shape index (κ2) is 2.82. The van der Waals surface area contributed by atoms with E-state index in [2.05, 4.69) is 24.0 Å². The topological polar surface area (TPSA) is 12.0 Å². The Balaban J connectivity index is 2.46. The van der Waals surface area contributed by atoms with Crippen LogP contribution in [0.2, 0.25) is 0 Å². The van der Waals surface area contributed by atoms with E-state index in [1.807, 2.05) is 18.4 Å².